The van der Waals surface area contributed by atoms with Crippen LogP contribution in [-0.4, -0.2) is 53.6 Å². The third-order valence-electron chi connectivity index (χ3n) is 5.93. The van der Waals surface area contributed by atoms with E-state index in [4.69, 9.17) is 15.3 Å². The van der Waals surface area contributed by atoms with Gasteiger partial charge in [0.2, 0.25) is 0 Å². The lowest BCUT2D eigenvalue weighted by Crippen LogP contribution is -2.37. The lowest BCUT2D eigenvalue weighted by molar-refractivity contribution is 0.0384. The summed E-state index contributed by atoms with van der Waals surface area (Å²) in [5, 5.41) is 21.1. The predicted octanol–water partition coefficient (Wildman–Crippen LogP) is 3.24. The number of carbonyl (C=O) groups excluding carboxylic acids is 1. The van der Waals surface area contributed by atoms with E-state index >= 15 is 0 Å². The zero-order valence-electron chi connectivity index (χ0n) is 18.0. The molecule has 1 aromatic carbocycles. The molecule has 0 unspecified atom stereocenters. The molecule has 0 atom stereocenters. The Labute approximate surface area is 187 Å². The molecule has 1 aliphatic carbocycles. The highest BCUT2D eigenvalue weighted by atomic mass is 16.5. The minimum Gasteiger partial charge on any atom is -0.379 e. The van der Waals surface area contributed by atoms with E-state index in [9.17, 15) is 4.79 Å². The molecule has 0 radical (unpaired) electrons. The second-order valence-electron chi connectivity index (χ2n) is 8.05. The van der Waals surface area contributed by atoms with Crippen molar-refractivity contribution in [3.8, 4) is 12.1 Å². The van der Waals surface area contributed by atoms with Gasteiger partial charge in [-0.05, 0) is 55.4 Å². The predicted molar refractivity (Wildman–Crippen MR) is 120 cm³/mol. The molecular weight excluding hydrogens is 404 g/mol. The molecule has 164 valence electrons. The smallest absolute Gasteiger partial charge is 0.291 e. The summed E-state index contributed by atoms with van der Waals surface area (Å²) in [4.78, 5) is 21.8. The summed E-state index contributed by atoms with van der Waals surface area (Å²) in [5.74, 6) is -0.514. The molecule has 1 saturated heterocycles. The van der Waals surface area contributed by atoms with E-state index in [0.717, 1.165) is 64.1 Å². The SMILES string of the molecule is N#Cc1nc(C(=O)Nc2ccc(CCN3CCOCC3)cc2C2=CCCCC2)[nH]c1C#N. The molecular formula is C24H26N6O2. The Morgan fingerprint density at radius 3 is 2.75 bits per heavy atom. The molecule has 2 N–H and O–H groups in total. The van der Waals surface area contributed by atoms with Gasteiger partial charge in [-0.1, -0.05) is 12.1 Å². The van der Waals surface area contributed by atoms with Gasteiger partial charge >= 0.3 is 0 Å². The van der Waals surface area contributed by atoms with E-state index in [2.05, 4.69) is 32.3 Å². The van der Waals surface area contributed by atoms with Crippen molar-refractivity contribution in [1.29, 1.82) is 10.5 Å². The Bertz CT molecular complexity index is 1070. The molecule has 4 rings (SSSR count). The van der Waals surface area contributed by atoms with E-state index in [1.807, 2.05) is 24.3 Å². The number of nitrogens with one attached hydrogen (secondary N) is 2. The van der Waals surface area contributed by atoms with Crippen molar-refractivity contribution < 1.29 is 9.53 Å². The van der Waals surface area contributed by atoms with Crippen molar-refractivity contribution in [3.05, 3.63) is 52.6 Å². The van der Waals surface area contributed by atoms with Crippen LogP contribution in [0.15, 0.2) is 24.3 Å². The molecule has 32 heavy (non-hydrogen) atoms. The first-order valence-electron chi connectivity index (χ1n) is 11.0. The first-order valence-corrected chi connectivity index (χ1v) is 11.0. The van der Waals surface area contributed by atoms with E-state index < -0.39 is 5.91 Å². The Kier molecular flexibility index (Phi) is 6.96. The number of imidazole rings is 1. The molecule has 2 heterocycles. The maximum Gasteiger partial charge on any atom is 0.291 e. The number of allylic oxidation sites excluding steroid dienone is 2. The molecule has 0 spiro atoms. The summed E-state index contributed by atoms with van der Waals surface area (Å²) in [7, 11) is 0. The third-order valence-corrected chi connectivity index (χ3v) is 5.93. The Morgan fingerprint density at radius 2 is 2.06 bits per heavy atom. The number of hydrogen-bond acceptors (Lipinski definition) is 6. The topological polar surface area (TPSA) is 118 Å². The highest BCUT2D eigenvalue weighted by Gasteiger charge is 2.19. The van der Waals surface area contributed by atoms with Gasteiger partial charge in [0, 0.05) is 30.9 Å². The molecule has 1 aliphatic heterocycles. The third kappa shape index (κ3) is 5.05. The monoisotopic (exact) mass is 430 g/mol. The summed E-state index contributed by atoms with van der Waals surface area (Å²) in [5.41, 5.74) is 4.14. The van der Waals surface area contributed by atoms with Crippen LogP contribution in [0.25, 0.3) is 5.57 Å². The van der Waals surface area contributed by atoms with Crippen LogP contribution in [0, 0.1) is 22.7 Å². The number of carbonyl (C=O) groups is 1. The van der Waals surface area contributed by atoms with E-state index in [1.165, 1.54) is 17.6 Å². The molecule has 0 saturated carbocycles. The van der Waals surface area contributed by atoms with Gasteiger partial charge < -0.3 is 15.0 Å². The summed E-state index contributed by atoms with van der Waals surface area (Å²) in [6.07, 6.45) is 7.52. The average molecular weight is 431 g/mol. The van der Waals surface area contributed by atoms with Gasteiger partial charge in [0.1, 0.15) is 12.1 Å². The Hall–Kier alpha value is -3.46. The normalized spacial score (nSPS) is 16.6. The summed E-state index contributed by atoms with van der Waals surface area (Å²) < 4.78 is 5.43. The Morgan fingerprint density at radius 1 is 1.22 bits per heavy atom. The van der Waals surface area contributed by atoms with Gasteiger partial charge in [-0.25, -0.2) is 4.98 Å². The van der Waals surface area contributed by atoms with Crippen molar-refractivity contribution in [2.75, 3.05) is 38.2 Å². The maximum absolute atomic E-state index is 12.8. The molecule has 2 aliphatic rings. The quantitative estimate of drug-likeness (QED) is 0.726. The molecule has 1 aromatic heterocycles. The zero-order valence-corrected chi connectivity index (χ0v) is 18.0. The lowest BCUT2D eigenvalue weighted by atomic mass is 9.91. The van der Waals surface area contributed by atoms with Gasteiger partial charge in [-0.2, -0.15) is 10.5 Å². The molecule has 1 amide bonds. The highest BCUT2D eigenvalue weighted by Crippen LogP contribution is 2.33. The van der Waals surface area contributed by atoms with Crippen LogP contribution in [0.5, 0.6) is 0 Å². The number of anilines is 1. The van der Waals surface area contributed by atoms with Crippen molar-refractivity contribution in [2.45, 2.75) is 32.1 Å². The van der Waals surface area contributed by atoms with Crippen molar-refractivity contribution in [2.24, 2.45) is 0 Å². The maximum atomic E-state index is 12.8. The number of ether oxygens (including phenoxy) is 1. The number of rotatable bonds is 6. The van der Waals surface area contributed by atoms with Crippen LogP contribution < -0.4 is 5.32 Å². The van der Waals surface area contributed by atoms with Crippen LogP contribution in [0.1, 0.15) is 58.8 Å². The fraction of sp³-hybridized carbons (Fsp3) is 0.417. The van der Waals surface area contributed by atoms with E-state index in [-0.39, 0.29) is 17.2 Å². The highest BCUT2D eigenvalue weighted by molar-refractivity contribution is 6.03. The van der Waals surface area contributed by atoms with Gasteiger partial charge in [0.05, 0.1) is 13.2 Å². The van der Waals surface area contributed by atoms with E-state index in [1.54, 1.807) is 0 Å². The fourth-order valence-electron chi connectivity index (χ4n) is 4.14. The lowest BCUT2D eigenvalue weighted by Gasteiger charge is -2.26. The largest absolute Gasteiger partial charge is 0.379 e. The number of benzene rings is 1. The van der Waals surface area contributed by atoms with Crippen molar-refractivity contribution in [1.82, 2.24) is 14.9 Å². The second-order valence-corrected chi connectivity index (χ2v) is 8.05. The first-order chi connectivity index (χ1) is 15.7. The molecule has 8 nitrogen and oxygen atoms in total. The standard InChI is InChI=1S/C24H26N6O2/c25-15-21-22(16-26)28-23(27-21)24(31)29-20-7-6-17(8-9-30-10-12-32-13-11-30)14-19(20)18-4-2-1-3-5-18/h4,6-7,14H,1-3,5,8-13H2,(H,27,28)(H,29,31). The van der Waals surface area contributed by atoms with E-state index in [0.29, 0.717) is 5.69 Å². The minimum atomic E-state index is -0.471. The molecule has 0 bridgehead atoms. The summed E-state index contributed by atoms with van der Waals surface area (Å²) >= 11 is 0. The number of hydrogen-bond donors (Lipinski definition) is 2. The van der Waals surface area contributed by atoms with Crippen LogP contribution in [0.4, 0.5) is 5.69 Å². The number of morpholine rings is 1. The number of amides is 1. The number of aromatic nitrogens is 2. The number of aromatic amines is 1. The fourth-order valence-corrected chi connectivity index (χ4v) is 4.14. The van der Waals surface area contributed by atoms with Crippen molar-refractivity contribution in [3.63, 3.8) is 0 Å². The summed E-state index contributed by atoms with van der Waals surface area (Å²) in [6.45, 7) is 4.48. The molecule has 2 aromatic rings. The van der Waals surface area contributed by atoms with Gasteiger partial charge in [0.15, 0.2) is 17.2 Å². The average Bonchev–Trinajstić information content (AvgIpc) is 3.28. The van der Waals surface area contributed by atoms with Crippen LogP contribution in [0.3, 0.4) is 0 Å². The van der Waals surface area contributed by atoms with Crippen LogP contribution >= 0.6 is 0 Å². The van der Waals surface area contributed by atoms with Crippen molar-refractivity contribution >= 4 is 17.2 Å². The van der Waals surface area contributed by atoms with Crippen LogP contribution in [-0.2, 0) is 11.2 Å². The summed E-state index contributed by atoms with van der Waals surface area (Å²) in [6, 6.07) is 9.85. The van der Waals surface area contributed by atoms with Gasteiger partial charge in [0.25, 0.3) is 5.91 Å². The molecule has 1 fully saturated rings. The zero-order chi connectivity index (χ0) is 22.3. The Balaban J connectivity index is 1.55. The first kappa shape index (κ1) is 21.8. The minimum absolute atomic E-state index is 0.00803. The number of H-pyrrole nitrogens is 1. The number of nitriles is 2. The van der Waals surface area contributed by atoms with Gasteiger partial charge in [-0.3, -0.25) is 9.69 Å². The van der Waals surface area contributed by atoms with Crippen LogP contribution in [0.2, 0.25) is 0 Å². The second kappa shape index (κ2) is 10.2. The number of nitrogens with zero attached hydrogens (tertiary/aromatic N) is 4. The van der Waals surface area contributed by atoms with Gasteiger partial charge in [-0.15, -0.1) is 0 Å². The molecule has 8 heteroatoms.